The number of nitrogens with two attached hydrogens (primary N) is 1. The van der Waals surface area contributed by atoms with Gasteiger partial charge in [-0.25, -0.2) is 5.84 Å². The van der Waals surface area contributed by atoms with Crippen molar-refractivity contribution in [1.29, 1.82) is 0 Å². The molecule has 0 aliphatic carbocycles. The van der Waals surface area contributed by atoms with Gasteiger partial charge in [0.25, 0.3) is 0 Å². The molecule has 0 spiro atoms. The zero-order valence-corrected chi connectivity index (χ0v) is 10.4. The molecule has 0 fully saturated rings. The Morgan fingerprint density at radius 2 is 2.29 bits per heavy atom. The van der Waals surface area contributed by atoms with Crippen LogP contribution in [0.1, 0.15) is 12.0 Å². The highest BCUT2D eigenvalue weighted by Gasteiger charge is 1.97. The molecule has 0 aliphatic rings. The fourth-order valence-corrected chi connectivity index (χ4v) is 1.38. The zero-order valence-electron chi connectivity index (χ0n) is 10.4. The summed E-state index contributed by atoms with van der Waals surface area (Å²) >= 11 is 0. The number of guanidine groups is 1. The highest BCUT2D eigenvalue weighted by Crippen LogP contribution is 2.08. The maximum atomic E-state index is 5.40. The first kappa shape index (κ1) is 13.5. The molecule has 1 aromatic carbocycles. The summed E-state index contributed by atoms with van der Waals surface area (Å²) in [5.74, 6) is 5.96. The van der Waals surface area contributed by atoms with Crippen LogP contribution in [0, 0.1) is 6.92 Å². The van der Waals surface area contributed by atoms with Gasteiger partial charge in [-0.15, -0.1) is 0 Å². The lowest BCUT2D eigenvalue weighted by Crippen LogP contribution is -2.36. The van der Waals surface area contributed by atoms with Crippen molar-refractivity contribution < 1.29 is 4.74 Å². The number of hydrogen-bond donors (Lipinski definition) is 3. The van der Waals surface area contributed by atoms with Crippen LogP contribution in [0.3, 0.4) is 0 Å². The summed E-state index contributed by atoms with van der Waals surface area (Å²) in [5, 5.41) is 3.12. The van der Waals surface area contributed by atoms with E-state index in [1.54, 1.807) is 7.11 Å². The van der Waals surface area contributed by atoms with Crippen LogP contribution in [-0.2, 0) is 4.74 Å². The monoisotopic (exact) mass is 236 g/mol. The molecular formula is C12H20N4O. The number of aliphatic imine (C=N–C) groups is 1. The molecule has 4 N–H and O–H groups in total. The third-order valence-corrected chi connectivity index (χ3v) is 2.19. The Morgan fingerprint density at radius 1 is 1.47 bits per heavy atom. The predicted octanol–water partition coefficient (Wildman–Crippen LogP) is 1.26. The number of benzene rings is 1. The fraction of sp³-hybridized carbons (Fsp3) is 0.417. The largest absolute Gasteiger partial charge is 0.385 e. The first-order valence-electron chi connectivity index (χ1n) is 5.60. The van der Waals surface area contributed by atoms with Crippen molar-refractivity contribution in [2.24, 2.45) is 10.8 Å². The molecule has 0 radical (unpaired) electrons. The highest BCUT2D eigenvalue weighted by atomic mass is 16.5. The van der Waals surface area contributed by atoms with Crippen LogP contribution in [-0.4, -0.2) is 26.2 Å². The molecule has 0 unspecified atom stereocenters. The summed E-state index contributed by atoms with van der Waals surface area (Å²) < 4.78 is 4.95. The maximum Gasteiger partial charge on any atom is 0.210 e. The molecule has 0 aromatic heterocycles. The van der Waals surface area contributed by atoms with Crippen LogP contribution in [0.4, 0.5) is 5.69 Å². The number of methoxy groups -OCH3 is 1. The number of nitrogens with zero attached hydrogens (tertiary/aromatic N) is 1. The summed E-state index contributed by atoms with van der Waals surface area (Å²) in [5.41, 5.74) is 4.70. The smallest absolute Gasteiger partial charge is 0.210 e. The number of ether oxygens (including phenoxy) is 1. The Labute approximate surface area is 102 Å². The minimum Gasteiger partial charge on any atom is -0.385 e. The minimum absolute atomic E-state index is 0.562. The van der Waals surface area contributed by atoms with Gasteiger partial charge in [0.2, 0.25) is 5.96 Å². The van der Waals surface area contributed by atoms with Gasteiger partial charge in [-0.05, 0) is 31.0 Å². The molecular weight excluding hydrogens is 216 g/mol. The van der Waals surface area contributed by atoms with Crippen LogP contribution >= 0.6 is 0 Å². The van der Waals surface area contributed by atoms with Gasteiger partial charge in [0, 0.05) is 25.9 Å². The Hall–Kier alpha value is -1.59. The van der Waals surface area contributed by atoms with Crippen LogP contribution in [0.5, 0.6) is 0 Å². The second kappa shape index (κ2) is 7.65. The molecule has 5 nitrogen and oxygen atoms in total. The van der Waals surface area contributed by atoms with E-state index >= 15 is 0 Å². The third kappa shape index (κ3) is 5.33. The van der Waals surface area contributed by atoms with Crippen molar-refractivity contribution >= 4 is 11.6 Å². The lowest BCUT2D eigenvalue weighted by molar-refractivity contribution is 0.197. The molecule has 0 aliphatic heterocycles. The van der Waals surface area contributed by atoms with Crippen LogP contribution in [0.2, 0.25) is 0 Å². The van der Waals surface area contributed by atoms with E-state index in [9.17, 15) is 0 Å². The average molecular weight is 236 g/mol. The highest BCUT2D eigenvalue weighted by molar-refractivity contribution is 5.93. The van der Waals surface area contributed by atoms with Gasteiger partial charge in [-0.3, -0.25) is 10.4 Å². The van der Waals surface area contributed by atoms with E-state index in [-0.39, 0.29) is 0 Å². The standard InChI is InChI=1S/C12H20N4O/c1-10-5-3-6-11(9-10)15-12(16-13)14-7-4-8-17-2/h3,5-6,9H,4,7-8,13H2,1-2H3,(H2,14,15,16). The van der Waals surface area contributed by atoms with Gasteiger partial charge in [-0.1, -0.05) is 12.1 Å². The molecule has 0 bridgehead atoms. The van der Waals surface area contributed by atoms with Gasteiger partial charge in [0.05, 0.1) is 0 Å². The first-order valence-corrected chi connectivity index (χ1v) is 5.60. The molecule has 0 saturated carbocycles. The minimum atomic E-state index is 0.562. The second-order valence-corrected chi connectivity index (χ2v) is 3.72. The van der Waals surface area contributed by atoms with E-state index < -0.39 is 0 Å². The number of hydrazine groups is 1. The third-order valence-electron chi connectivity index (χ3n) is 2.19. The Bertz CT molecular complexity index is 365. The molecule has 1 aromatic rings. The predicted molar refractivity (Wildman–Crippen MR) is 70.9 cm³/mol. The molecule has 0 heterocycles. The van der Waals surface area contributed by atoms with Crippen molar-refractivity contribution in [2.75, 3.05) is 25.6 Å². The van der Waals surface area contributed by atoms with Crippen LogP contribution < -0.4 is 16.6 Å². The maximum absolute atomic E-state index is 5.40. The number of rotatable bonds is 5. The summed E-state index contributed by atoms with van der Waals surface area (Å²) in [7, 11) is 1.68. The zero-order chi connectivity index (χ0) is 12.5. The number of anilines is 1. The summed E-state index contributed by atoms with van der Waals surface area (Å²) in [4.78, 5) is 4.29. The normalized spacial score (nSPS) is 11.4. The van der Waals surface area contributed by atoms with Crippen molar-refractivity contribution in [3.63, 3.8) is 0 Å². The van der Waals surface area contributed by atoms with Gasteiger partial charge < -0.3 is 10.1 Å². The Morgan fingerprint density at radius 3 is 2.94 bits per heavy atom. The summed E-state index contributed by atoms with van der Waals surface area (Å²) in [6, 6.07) is 8.02. The molecule has 0 atom stereocenters. The lowest BCUT2D eigenvalue weighted by atomic mass is 10.2. The van der Waals surface area contributed by atoms with E-state index in [0.717, 1.165) is 12.1 Å². The molecule has 5 heteroatoms. The van der Waals surface area contributed by atoms with E-state index in [2.05, 4.69) is 15.7 Å². The van der Waals surface area contributed by atoms with Crippen molar-refractivity contribution in [3.8, 4) is 0 Å². The van der Waals surface area contributed by atoms with Gasteiger partial charge in [0.15, 0.2) is 0 Å². The number of aryl methyl sites for hydroxylation is 1. The molecule has 17 heavy (non-hydrogen) atoms. The Kier molecular flexibility index (Phi) is 6.06. The number of nitrogens with one attached hydrogen (secondary N) is 2. The molecule has 1 rings (SSSR count). The van der Waals surface area contributed by atoms with E-state index in [4.69, 9.17) is 10.6 Å². The fourth-order valence-electron chi connectivity index (χ4n) is 1.38. The van der Waals surface area contributed by atoms with Gasteiger partial charge in [0.1, 0.15) is 0 Å². The summed E-state index contributed by atoms with van der Waals surface area (Å²) in [6.07, 6.45) is 0.872. The molecule has 94 valence electrons. The summed E-state index contributed by atoms with van der Waals surface area (Å²) in [6.45, 7) is 3.41. The van der Waals surface area contributed by atoms with Crippen molar-refractivity contribution in [1.82, 2.24) is 5.43 Å². The van der Waals surface area contributed by atoms with Crippen LogP contribution in [0.25, 0.3) is 0 Å². The van der Waals surface area contributed by atoms with E-state index in [0.29, 0.717) is 19.1 Å². The first-order chi connectivity index (χ1) is 8.26. The van der Waals surface area contributed by atoms with E-state index in [1.165, 1.54) is 5.56 Å². The van der Waals surface area contributed by atoms with E-state index in [1.807, 2.05) is 31.2 Å². The Balaban J connectivity index is 2.51. The topological polar surface area (TPSA) is 71.7 Å². The van der Waals surface area contributed by atoms with Gasteiger partial charge in [-0.2, -0.15) is 0 Å². The SMILES string of the molecule is COCCCN=C(NN)Nc1cccc(C)c1. The lowest BCUT2D eigenvalue weighted by Gasteiger charge is -2.09. The average Bonchev–Trinajstić information content (AvgIpc) is 2.33. The number of hydrogen-bond acceptors (Lipinski definition) is 3. The molecule has 0 amide bonds. The van der Waals surface area contributed by atoms with Crippen molar-refractivity contribution in [3.05, 3.63) is 29.8 Å². The molecule has 0 saturated heterocycles. The van der Waals surface area contributed by atoms with Crippen LogP contribution in [0.15, 0.2) is 29.3 Å². The van der Waals surface area contributed by atoms with Crippen molar-refractivity contribution in [2.45, 2.75) is 13.3 Å². The quantitative estimate of drug-likeness (QED) is 0.237. The van der Waals surface area contributed by atoms with Gasteiger partial charge >= 0.3 is 0 Å². The second-order valence-electron chi connectivity index (χ2n) is 3.72.